The van der Waals surface area contributed by atoms with E-state index >= 15 is 0 Å². The first kappa shape index (κ1) is 94.9. The average Bonchev–Trinajstić information content (AvgIpc) is 1.01. The minimum Gasteiger partial charge on any atom is -0.462 e. The predicted octanol–water partition coefficient (Wildman–Crippen LogP) is 21.9. The highest BCUT2D eigenvalue weighted by Gasteiger charge is 2.30. The summed E-state index contributed by atoms with van der Waals surface area (Å²) in [5.74, 6) is -2.39. The zero-order valence-electron chi connectivity index (χ0n) is 62.1. The Kier molecular flexibility index (Phi) is 68.6. The normalized spacial score (nSPS) is 14.8. The summed E-state index contributed by atoms with van der Waals surface area (Å²) in [4.78, 5) is 72.8. The third kappa shape index (κ3) is 71.3. The summed E-state index contributed by atoms with van der Waals surface area (Å²) in [6.45, 7) is 4.35. The van der Waals surface area contributed by atoms with Crippen LogP contribution in [-0.2, 0) is 65.4 Å². The quantitative estimate of drug-likeness (QED) is 0.0169. The number of allylic oxidation sites excluding steroid dienone is 23. The highest BCUT2D eigenvalue weighted by molar-refractivity contribution is 7.47. The second kappa shape index (κ2) is 72.3. The van der Waals surface area contributed by atoms with Gasteiger partial charge in [-0.3, -0.25) is 37.3 Å². The van der Waals surface area contributed by atoms with Crippen LogP contribution in [0.1, 0.15) is 285 Å². The van der Waals surface area contributed by atoms with Gasteiger partial charge in [-0.2, -0.15) is 0 Å². The Morgan fingerprint density at radius 1 is 0.300 bits per heavy atom. The lowest BCUT2D eigenvalue weighted by atomic mass is 10.0. The molecule has 100 heavy (non-hydrogen) atoms. The van der Waals surface area contributed by atoms with Gasteiger partial charge in [-0.25, -0.2) is 9.13 Å². The molecule has 0 aliphatic carbocycles. The van der Waals surface area contributed by atoms with Gasteiger partial charge in [-0.05, 0) is 122 Å². The van der Waals surface area contributed by atoms with Crippen molar-refractivity contribution >= 4 is 39.5 Å². The van der Waals surface area contributed by atoms with Crippen LogP contribution in [0.2, 0.25) is 0 Å². The Hall–Kier alpha value is -5.06. The number of carbonyl (C=O) groups is 4. The molecule has 3 N–H and O–H groups in total. The second-order valence-corrected chi connectivity index (χ2v) is 27.7. The van der Waals surface area contributed by atoms with Gasteiger partial charge in [-0.15, -0.1) is 0 Å². The Balaban J connectivity index is 5.47. The summed E-state index contributed by atoms with van der Waals surface area (Å²) in [6, 6.07) is 0. The number of hydrogen-bond acceptors (Lipinski definition) is 15. The molecule has 0 aromatic heterocycles. The van der Waals surface area contributed by atoms with Crippen molar-refractivity contribution in [1.29, 1.82) is 0 Å². The Morgan fingerprint density at radius 3 is 0.910 bits per heavy atom. The molecular weight excluding hydrogens is 1310 g/mol. The van der Waals surface area contributed by atoms with Gasteiger partial charge in [0.15, 0.2) is 12.2 Å². The fourth-order valence-corrected chi connectivity index (χ4v) is 11.2. The van der Waals surface area contributed by atoms with E-state index in [1.54, 1.807) is 6.08 Å². The fourth-order valence-electron chi connectivity index (χ4n) is 9.65. The van der Waals surface area contributed by atoms with Crippen molar-refractivity contribution in [2.75, 3.05) is 39.6 Å². The van der Waals surface area contributed by atoms with E-state index in [1.807, 2.05) is 18.2 Å². The summed E-state index contributed by atoms with van der Waals surface area (Å²) in [6.07, 6.45) is 81.6. The zero-order chi connectivity index (χ0) is 73.2. The molecule has 0 aromatic rings. The molecular formula is C81H134O17P2. The van der Waals surface area contributed by atoms with Crippen molar-refractivity contribution in [2.24, 2.45) is 0 Å². The number of hydrogen-bond donors (Lipinski definition) is 3. The molecule has 0 spiro atoms. The van der Waals surface area contributed by atoms with Gasteiger partial charge in [0.2, 0.25) is 0 Å². The molecule has 5 unspecified atom stereocenters. The van der Waals surface area contributed by atoms with Crippen molar-refractivity contribution in [3.8, 4) is 0 Å². The van der Waals surface area contributed by atoms with Crippen LogP contribution in [0.5, 0.6) is 0 Å². The number of esters is 4. The first-order chi connectivity index (χ1) is 48.7. The molecule has 0 aliphatic heterocycles. The van der Waals surface area contributed by atoms with Crippen LogP contribution in [0.3, 0.4) is 0 Å². The first-order valence-electron chi connectivity index (χ1n) is 38.1. The van der Waals surface area contributed by atoms with Crippen molar-refractivity contribution in [3.63, 3.8) is 0 Å². The number of ether oxygens (including phenoxy) is 4. The lowest BCUT2D eigenvalue weighted by molar-refractivity contribution is -0.161. The Labute approximate surface area is 605 Å². The molecule has 0 aliphatic rings. The van der Waals surface area contributed by atoms with Gasteiger partial charge in [0, 0.05) is 19.3 Å². The Bertz CT molecular complexity index is 2470. The number of aliphatic hydroxyl groups excluding tert-OH is 1. The van der Waals surface area contributed by atoms with Crippen LogP contribution in [-0.4, -0.2) is 96.7 Å². The molecule has 0 radical (unpaired) electrons. The van der Waals surface area contributed by atoms with E-state index in [-0.39, 0.29) is 25.7 Å². The Morgan fingerprint density at radius 2 is 0.560 bits per heavy atom. The van der Waals surface area contributed by atoms with Crippen molar-refractivity contribution < 1.29 is 80.2 Å². The molecule has 5 atom stereocenters. The molecule has 0 saturated heterocycles. The van der Waals surface area contributed by atoms with Crippen molar-refractivity contribution in [3.05, 3.63) is 146 Å². The van der Waals surface area contributed by atoms with Crippen molar-refractivity contribution in [1.82, 2.24) is 0 Å². The number of carbonyl (C=O) groups excluding carboxylic acids is 4. The molecule has 570 valence electrons. The summed E-state index contributed by atoms with van der Waals surface area (Å²) in [5.41, 5.74) is 0. The lowest BCUT2D eigenvalue weighted by Crippen LogP contribution is -2.30. The molecule has 0 saturated carbocycles. The SMILES string of the molecule is CC/C=C\C/C=C\C/C=C\C/C=C\C/C=C\CC(=O)OCC(COP(=O)(O)OCC(O)COP(=O)(O)OCC(COC(=O)CCCC/C=C\C/C=C\C/C=C\C/C=C\CC)OC(=O)CCCCCCC/C=C\C/C=C\C/C=C\CC)OC(=O)CCCCCCCCCCCCCCCCC. The first-order valence-corrected chi connectivity index (χ1v) is 41.1. The molecule has 0 bridgehead atoms. The minimum absolute atomic E-state index is 0.0601. The summed E-state index contributed by atoms with van der Waals surface area (Å²) >= 11 is 0. The minimum atomic E-state index is -5.00. The number of aliphatic hydroxyl groups is 1. The van der Waals surface area contributed by atoms with Crippen molar-refractivity contribution in [2.45, 2.75) is 303 Å². The molecule has 0 aromatic carbocycles. The van der Waals surface area contributed by atoms with E-state index in [9.17, 15) is 43.2 Å². The third-order valence-corrected chi connectivity index (χ3v) is 17.2. The maximum atomic E-state index is 13.1. The second-order valence-electron chi connectivity index (χ2n) is 24.8. The molecule has 0 rings (SSSR count). The van der Waals surface area contributed by atoms with E-state index in [1.165, 1.54) is 64.2 Å². The molecule has 0 amide bonds. The topological polar surface area (TPSA) is 237 Å². The highest BCUT2D eigenvalue weighted by Crippen LogP contribution is 2.45. The maximum Gasteiger partial charge on any atom is 0.472 e. The van der Waals surface area contributed by atoms with Gasteiger partial charge in [0.1, 0.15) is 19.3 Å². The summed E-state index contributed by atoms with van der Waals surface area (Å²) in [5, 5.41) is 10.6. The maximum absolute atomic E-state index is 13.1. The van der Waals surface area contributed by atoms with Gasteiger partial charge >= 0.3 is 39.5 Å². The largest absolute Gasteiger partial charge is 0.472 e. The van der Waals surface area contributed by atoms with E-state index in [4.69, 9.17) is 37.0 Å². The van der Waals surface area contributed by atoms with Crippen LogP contribution < -0.4 is 0 Å². The molecule has 19 heteroatoms. The lowest BCUT2D eigenvalue weighted by Gasteiger charge is -2.21. The van der Waals surface area contributed by atoms with E-state index in [2.05, 4.69) is 149 Å². The molecule has 0 fully saturated rings. The van der Waals surface area contributed by atoms with Crippen LogP contribution in [0.4, 0.5) is 0 Å². The highest BCUT2D eigenvalue weighted by atomic mass is 31.2. The van der Waals surface area contributed by atoms with Gasteiger partial charge < -0.3 is 33.8 Å². The van der Waals surface area contributed by atoms with Crippen LogP contribution in [0.25, 0.3) is 0 Å². The third-order valence-electron chi connectivity index (χ3n) is 15.3. The monoisotopic (exact) mass is 1440 g/mol. The number of phosphoric ester groups is 2. The van der Waals surface area contributed by atoms with Crippen LogP contribution in [0.15, 0.2) is 146 Å². The van der Waals surface area contributed by atoms with E-state index < -0.39 is 97.5 Å². The standard InChI is InChI=1S/C81H134O17P2/c1-5-9-13-17-21-25-29-33-37-41-45-49-53-57-61-65-78(83)91-71-76(97-80(85)67-63-59-55-51-47-43-39-35-31-27-23-19-15-11-7-3)73-95-99(87,88)93-69-75(82)70-94-100(89,90)96-74-77(98-81(86)68-64-60-56-52-48-44-40-36-32-28-24-20-16-12-8-4)72-92-79(84)66-62-58-54-50-46-42-38-34-30-26-22-18-14-10-6-2/h9-11,13-15,21-23,25-27,33-35,37-39,45-46,49-50,58,62,75-77,82H,5-8,12,16-20,24,28-32,36,40-44,47-48,51-57,59-61,63-74H2,1-4H3,(H,87,88)(H,89,90)/b13-9-,14-10-,15-11-,25-21-,26-22-,27-23-,37-33-,38-34-,39-35-,49-45-,50-46-,62-58-. The summed E-state index contributed by atoms with van der Waals surface area (Å²) in [7, 11) is -10.00. The van der Waals surface area contributed by atoms with E-state index in [0.29, 0.717) is 25.7 Å². The molecule has 17 nitrogen and oxygen atoms in total. The zero-order valence-corrected chi connectivity index (χ0v) is 63.9. The number of unbranched alkanes of at least 4 members (excludes halogenated alkanes) is 21. The smallest absolute Gasteiger partial charge is 0.462 e. The number of phosphoric acid groups is 2. The average molecular weight is 1440 g/mol. The van der Waals surface area contributed by atoms with Gasteiger partial charge in [-0.1, -0.05) is 283 Å². The van der Waals surface area contributed by atoms with Gasteiger partial charge in [0.25, 0.3) is 0 Å². The van der Waals surface area contributed by atoms with Crippen LogP contribution in [0, 0.1) is 0 Å². The summed E-state index contributed by atoms with van der Waals surface area (Å²) < 4.78 is 68.3. The van der Waals surface area contributed by atoms with E-state index in [0.717, 1.165) is 141 Å². The fraction of sp³-hybridized carbons (Fsp3) is 0.654. The van der Waals surface area contributed by atoms with Gasteiger partial charge in [0.05, 0.1) is 32.8 Å². The predicted molar refractivity (Wildman–Crippen MR) is 408 cm³/mol. The number of rotatable bonds is 70. The molecule has 0 heterocycles. The van der Waals surface area contributed by atoms with Crippen LogP contribution >= 0.6 is 15.6 Å².